The quantitative estimate of drug-likeness (QED) is 0.841. The van der Waals surface area contributed by atoms with Crippen LogP contribution in [0.5, 0.6) is 0 Å². The normalized spacial score (nSPS) is 25.1. The maximum atomic E-state index is 12.5. The Balaban J connectivity index is 1.49. The molecule has 1 spiro atoms. The van der Waals surface area contributed by atoms with E-state index in [9.17, 15) is 13.2 Å². The van der Waals surface area contributed by atoms with Crippen molar-refractivity contribution in [1.29, 1.82) is 0 Å². The number of benzene rings is 1. The number of nitrogens with one attached hydrogen (secondary N) is 1. The summed E-state index contributed by atoms with van der Waals surface area (Å²) < 4.78 is 26.1. The van der Waals surface area contributed by atoms with Crippen LogP contribution in [0.3, 0.4) is 0 Å². The molecule has 1 aromatic rings. The summed E-state index contributed by atoms with van der Waals surface area (Å²) in [6.07, 6.45) is 6.65. The molecule has 1 atom stereocenters. The molecule has 1 unspecified atom stereocenters. The topological polar surface area (TPSA) is 66.5 Å². The van der Waals surface area contributed by atoms with Crippen LogP contribution < -0.4 is 5.32 Å². The number of sulfonamides is 1. The van der Waals surface area contributed by atoms with E-state index in [4.69, 9.17) is 0 Å². The molecule has 0 bridgehead atoms. The zero-order valence-electron chi connectivity index (χ0n) is 16.1. The van der Waals surface area contributed by atoms with Crippen molar-refractivity contribution in [2.45, 2.75) is 69.2 Å². The molecular formula is C21H30N2O3S. The number of piperidine rings is 1. The number of rotatable bonds is 5. The van der Waals surface area contributed by atoms with Crippen LogP contribution in [0.15, 0.2) is 24.3 Å². The predicted molar refractivity (Wildman–Crippen MR) is 106 cm³/mol. The van der Waals surface area contributed by atoms with Gasteiger partial charge in [-0.1, -0.05) is 24.3 Å². The molecule has 1 saturated heterocycles. The molecule has 1 heterocycles. The number of fused-ring (bicyclic) bond motifs is 2. The predicted octanol–water partition coefficient (Wildman–Crippen LogP) is 2.92. The van der Waals surface area contributed by atoms with Crippen molar-refractivity contribution in [2.75, 3.05) is 18.8 Å². The van der Waals surface area contributed by atoms with Crippen molar-refractivity contribution in [2.24, 2.45) is 0 Å². The molecule has 1 saturated carbocycles. The average Bonchev–Trinajstić information content (AvgIpc) is 2.92. The first kappa shape index (κ1) is 18.9. The van der Waals surface area contributed by atoms with E-state index in [1.807, 2.05) is 0 Å². The van der Waals surface area contributed by atoms with Gasteiger partial charge in [0.15, 0.2) is 0 Å². The summed E-state index contributed by atoms with van der Waals surface area (Å²) in [4.78, 5) is 12.5. The Morgan fingerprint density at radius 2 is 1.93 bits per heavy atom. The smallest absolute Gasteiger partial charge is 0.220 e. The Kier molecular flexibility index (Phi) is 5.06. The minimum atomic E-state index is -3.12. The Morgan fingerprint density at radius 3 is 2.56 bits per heavy atom. The van der Waals surface area contributed by atoms with Crippen LogP contribution in [0.1, 0.15) is 68.9 Å². The molecule has 0 aromatic heterocycles. The molecule has 1 amide bonds. The molecule has 148 valence electrons. The lowest BCUT2D eigenvalue weighted by atomic mass is 9.73. The number of carbonyl (C=O) groups excluding carboxylic acids is 1. The lowest BCUT2D eigenvalue weighted by molar-refractivity contribution is -0.122. The van der Waals surface area contributed by atoms with Crippen LogP contribution in [0.25, 0.3) is 0 Å². The molecule has 27 heavy (non-hydrogen) atoms. The maximum absolute atomic E-state index is 12.5. The summed E-state index contributed by atoms with van der Waals surface area (Å²) in [6, 6.07) is 8.88. The highest BCUT2D eigenvalue weighted by atomic mass is 32.2. The first-order valence-corrected chi connectivity index (χ1v) is 11.9. The molecule has 3 aliphatic rings. The monoisotopic (exact) mass is 390 g/mol. The molecular weight excluding hydrogens is 360 g/mol. The van der Waals surface area contributed by atoms with Crippen molar-refractivity contribution < 1.29 is 13.2 Å². The van der Waals surface area contributed by atoms with E-state index < -0.39 is 10.0 Å². The molecule has 2 fully saturated rings. The fourth-order valence-electron chi connectivity index (χ4n) is 5.12. The molecule has 2 aliphatic carbocycles. The van der Waals surface area contributed by atoms with Crippen LogP contribution in [0, 0.1) is 0 Å². The molecule has 0 radical (unpaired) electrons. The third-order valence-corrected chi connectivity index (χ3v) is 8.83. The van der Waals surface area contributed by atoms with Crippen LogP contribution in [-0.2, 0) is 20.2 Å². The van der Waals surface area contributed by atoms with Crippen molar-refractivity contribution in [3.63, 3.8) is 0 Å². The van der Waals surface area contributed by atoms with E-state index in [2.05, 4.69) is 29.6 Å². The van der Waals surface area contributed by atoms with Crippen LogP contribution in [-0.4, -0.2) is 43.5 Å². The highest BCUT2D eigenvalue weighted by molar-refractivity contribution is 7.89. The summed E-state index contributed by atoms with van der Waals surface area (Å²) in [7, 11) is -3.12. The number of carbonyl (C=O) groups is 1. The molecule has 1 aliphatic heterocycles. The van der Waals surface area contributed by atoms with Crippen LogP contribution in [0.4, 0.5) is 0 Å². The fourth-order valence-corrected chi connectivity index (χ4v) is 6.23. The average molecular weight is 391 g/mol. The second-order valence-electron chi connectivity index (χ2n) is 8.47. The maximum Gasteiger partial charge on any atom is 0.220 e. The van der Waals surface area contributed by atoms with Gasteiger partial charge < -0.3 is 5.32 Å². The Bertz CT molecular complexity index is 808. The van der Waals surface area contributed by atoms with E-state index >= 15 is 0 Å². The van der Waals surface area contributed by atoms with Gasteiger partial charge in [-0.3, -0.25) is 4.79 Å². The lowest BCUT2D eigenvalue weighted by Gasteiger charge is -2.39. The van der Waals surface area contributed by atoms with Gasteiger partial charge in [-0.2, -0.15) is 0 Å². The van der Waals surface area contributed by atoms with Gasteiger partial charge in [0.2, 0.25) is 15.9 Å². The van der Waals surface area contributed by atoms with Gasteiger partial charge >= 0.3 is 0 Å². The largest absolute Gasteiger partial charge is 0.353 e. The van der Waals surface area contributed by atoms with Crippen molar-refractivity contribution in [3.8, 4) is 0 Å². The molecule has 6 heteroatoms. The van der Waals surface area contributed by atoms with E-state index in [0.29, 0.717) is 25.6 Å². The summed E-state index contributed by atoms with van der Waals surface area (Å²) in [5.74, 6) is 0.582. The number of amides is 1. The standard InChI is InChI=1S/C21H30N2O3S/c1-2-27(25,26)23-12-10-21(11-13-23)15-16(18-8-3-4-9-19(18)21)14-20(24)22-17-6-5-7-17/h3-4,8-9,16-17H,2,5-7,10-15H2,1H3,(H,22,24). The summed E-state index contributed by atoms with van der Waals surface area (Å²) >= 11 is 0. The van der Waals surface area contributed by atoms with Crippen molar-refractivity contribution >= 4 is 15.9 Å². The zero-order valence-corrected chi connectivity index (χ0v) is 16.9. The van der Waals surface area contributed by atoms with Crippen molar-refractivity contribution in [1.82, 2.24) is 9.62 Å². The number of hydrogen-bond donors (Lipinski definition) is 1. The lowest BCUT2D eigenvalue weighted by Crippen LogP contribution is -2.45. The zero-order chi connectivity index (χ0) is 19.1. The number of hydrogen-bond acceptors (Lipinski definition) is 3. The first-order chi connectivity index (χ1) is 12.9. The molecule has 1 N–H and O–H groups in total. The van der Waals surface area contributed by atoms with Gasteiger partial charge in [-0.15, -0.1) is 0 Å². The van der Waals surface area contributed by atoms with Gasteiger partial charge in [-0.05, 0) is 67.9 Å². The van der Waals surface area contributed by atoms with E-state index in [1.165, 1.54) is 17.5 Å². The molecule has 5 nitrogen and oxygen atoms in total. The highest BCUT2D eigenvalue weighted by Gasteiger charge is 2.46. The minimum absolute atomic E-state index is 0.0256. The van der Waals surface area contributed by atoms with Crippen LogP contribution in [0.2, 0.25) is 0 Å². The van der Waals surface area contributed by atoms with Crippen LogP contribution >= 0.6 is 0 Å². The summed E-state index contributed by atoms with van der Waals surface area (Å²) in [5, 5.41) is 3.17. The van der Waals surface area contributed by atoms with Crippen molar-refractivity contribution in [3.05, 3.63) is 35.4 Å². The molecule has 4 rings (SSSR count). The Morgan fingerprint density at radius 1 is 1.22 bits per heavy atom. The van der Waals surface area contributed by atoms with E-state index in [1.54, 1.807) is 11.2 Å². The fraction of sp³-hybridized carbons (Fsp3) is 0.667. The van der Waals surface area contributed by atoms with E-state index in [-0.39, 0.29) is 23.0 Å². The van der Waals surface area contributed by atoms with Gasteiger partial charge in [0.1, 0.15) is 0 Å². The summed E-state index contributed by atoms with van der Waals surface area (Å²) in [6.45, 7) is 2.89. The van der Waals surface area contributed by atoms with Gasteiger partial charge in [0.25, 0.3) is 0 Å². The highest BCUT2D eigenvalue weighted by Crippen LogP contribution is 2.52. The van der Waals surface area contributed by atoms with E-state index in [0.717, 1.165) is 32.1 Å². The first-order valence-electron chi connectivity index (χ1n) is 10.3. The Labute approximate surface area is 162 Å². The third kappa shape index (κ3) is 3.54. The number of nitrogens with zero attached hydrogens (tertiary/aromatic N) is 1. The summed E-state index contributed by atoms with van der Waals surface area (Å²) in [5.41, 5.74) is 2.67. The van der Waals surface area contributed by atoms with Gasteiger partial charge in [0, 0.05) is 25.6 Å². The third-order valence-electron chi connectivity index (χ3n) is 6.95. The SMILES string of the molecule is CCS(=O)(=O)N1CCC2(CC1)CC(CC(=O)NC1CCC1)c1ccccc12. The van der Waals surface area contributed by atoms with Gasteiger partial charge in [0.05, 0.1) is 5.75 Å². The Hall–Kier alpha value is -1.40. The molecule has 1 aromatic carbocycles. The van der Waals surface area contributed by atoms with Gasteiger partial charge in [-0.25, -0.2) is 12.7 Å². The minimum Gasteiger partial charge on any atom is -0.353 e. The second-order valence-corrected chi connectivity index (χ2v) is 10.7. The second kappa shape index (κ2) is 7.21.